The van der Waals surface area contributed by atoms with E-state index in [9.17, 15) is 19.9 Å². The minimum atomic E-state index is -4.31. The van der Waals surface area contributed by atoms with Gasteiger partial charge in [-0.1, -0.05) is 5.11 Å². The Balaban J connectivity index is 2.07. The highest BCUT2D eigenvalue weighted by Gasteiger charge is 2.45. The van der Waals surface area contributed by atoms with Crippen LogP contribution in [0.1, 0.15) is 6.42 Å². The number of nitrogens with zero attached hydrogens (tertiary/aromatic N) is 3. The first-order chi connectivity index (χ1) is 11.7. The van der Waals surface area contributed by atoms with Crippen LogP contribution in [0.15, 0.2) is 29.4 Å². The van der Waals surface area contributed by atoms with E-state index in [0.717, 1.165) is 0 Å². The number of ether oxygens (including phenoxy) is 2. The SMILES string of the molecule is [N-]=[N+]=Nc1ccc(O[C@H]2O[C@H](CCP(=O)(O)O)[C@@H](O)[C@H](O)[C@@H]2O)cc1. The molecule has 2 rings (SSSR count). The average Bonchev–Trinajstić information content (AvgIpc) is 2.55. The fourth-order valence-corrected chi connectivity index (χ4v) is 2.92. The Bertz CT molecular complexity index is 674. The molecule has 0 amide bonds. The third kappa shape index (κ3) is 5.40. The molecule has 1 aliphatic heterocycles. The second-order valence-electron chi connectivity index (χ2n) is 5.49. The summed E-state index contributed by atoms with van der Waals surface area (Å²) in [7, 11) is -4.31. The molecule has 0 saturated carbocycles. The minimum Gasteiger partial charge on any atom is -0.462 e. The summed E-state index contributed by atoms with van der Waals surface area (Å²) < 4.78 is 21.7. The van der Waals surface area contributed by atoms with Crippen molar-refractivity contribution in [3.63, 3.8) is 0 Å². The molecule has 1 aromatic rings. The van der Waals surface area contributed by atoms with E-state index in [2.05, 4.69) is 10.0 Å². The molecule has 25 heavy (non-hydrogen) atoms. The molecule has 1 fully saturated rings. The van der Waals surface area contributed by atoms with Gasteiger partial charge in [0.1, 0.15) is 24.1 Å². The molecule has 0 unspecified atom stereocenters. The lowest BCUT2D eigenvalue weighted by molar-refractivity contribution is -0.272. The van der Waals surface area contributed by atoms with Crippen LogP contribution in [0, 0.1) is 0 Å². The summed E-state index contributed by atoms with van der Waals surface area (Å²) >= 11 is 0. The van der Waals surface area contributed by atoms with Gasteiger partial charge in [-0.05, 0) is 36.2 Å². The Morgan fingerprint density at radius 2 is 1.80 bits per heavy atom. The molecule has 0 aromatic heterocycles. The van der Waals surface area contributed by atoms with Crippen LogP contribution >= 0.6 is 7.60 Å². The Hall–Kier alpha value is -1.68. The molecule has 1 heterocycles. The first-order valence-electron chi connectivity index (χ1n) is 7.27. The second kappa shape index (κ2) is 8.13. The van der Waals surface area contributed by atoms with Crippen molar-refractivity contribution in [2.45, 2.75) is 37.1 Å². The molecule has 138 valence electrons. The van der Waals surface area contributed by atoms with Crippen LogP contribution in [-0.4, -0.2) is 62.0 Å². The first-order valence-corrected chi connectivity index (χ1v) is 9.07. The molecule has 1 aromatic carbocycles. The number of benzene rings is 1. The van der Waals surface area contributed by atoms with Crippen LogP contribution in [0.3, 0.4) is 0 Å². The summed E-state index contributed by atoms with van der Waals surface area (Å²) in [6.07, 6.45) is -7.96. The second-order valence-corrected chi connectivity index (χ2v) is 7.27. The Kier molecular flexibility index (Phi) is 6.39. The number of rotatable bonds is 6. The van der Waals surface area contributed by atoms with Crippen molar-refractivity contribution in [3.05, 3.63) is 34.7 Å². The van der Waals surface area contributed by atoms with Crippen molar-refractivity contribution in [2.75, 3.05) is 6.16 Å². The molecular weight excluding hydrogens is 357 g/mol. The molecule has 12 heteroatoms. The van der Waals surface area contributed by atoms with Gasteiger partial charge in [0.2, 0.25) is 6.29 Å². The van der Waals surface area contributed by atoms with Crippen LogP contribution in [0.25, 0.3) is 10.4 Å². The quantitative estimate of drug-likeness (QED) is 0.204. The molecule has 1 aliphatic rings. The summed E-state index contributed by atoms with van der Waals surface area (Å²) in [4.78, 5) is 20.5. The Morgan fingerprint density at radius 3 is 2.36 bits per heavy atom. The van der Waals surface area contributed by atoms with Gasteiger partial charge < -0.3 is 34.6 Å². The predicted molar refractivity (Wildman–Crippen MR) is 84.1 cm³/mol. The zero-order chi connectivity index (χ0) is 18.6. The van der Waals surface area contributed by atoms with Gasteiger partial charge in [0.05, 0.1) is 12.3 Å². The Morgan fingerprint density at radius 1 is 1.16 bits per heavy atom. The van der Waals surface area contributed by atoms with Crippen molar-refractivity contribution < 1.29 is 39.1 Å². The van der Waals surface area contributed by atoms with E-state index < -0.39 is 44.5 Å². The lowest BCUT2D eigenvalue weighted by Gasteiger charge is -2.40. The maximum absolute atomic E-state index is 11.0. The molecule has 5 atom stereocenters. The highest BCUT2D eigenvalue weighted by atomic mass is 31.2. The number of aliphatic hydroxyl groups excluding tert-OH is 3. The zero-order valence-corrected chi connectivity index (χ0v) is 13.8. The van der Waals surface area contributed by atoms with Crippen molar-refractivity contribution in [2.24, 2.45) is 5.11 Å². The van der Waals surface area contributed by atoms with Gasteiger partial charge in [-0.3, -0.25) is 4.57 Å². The van der Waals surface area contributed by atoms with Crippen LogP contribution in [0.2, 0.25) is 0 Å². The third-order valence-electron chi connectivity index (χ3n) is 3.62. The molecule has 0 bridgehead atoms. The number of hydrogen-bond donors (Lipinski definition) is 5. The van der Waals surface area contributed by atoms with E-state index >= 15 is 0 Å². The lowest BCUT2D eigenvalue weighted by Crippen LogP contribution is -2.59. The fourth-order valence-electron chi connectivity index (χ4n) is 2.33. The minimum absolute atomic E-state index is 0.231. The average molecular weight is 375 g/mol. The van der Waals surface area contributed by atoms with Crippen LogP contribution < -0.4 is 4.74 Å². The molecule has 5 N–H and O–H groups in total. The van der Waals surface area contributed by atoms with Crippen LogP contribution in [-0.2, 0) is 9.30 Å². The van der Waals surface area contributed by atoms with Crippen molar-refractivity contribution >= 4 is 13.3 Å². The van der Waals surface area contributed by atoms with Gasteiger partial charge in [0, 0.05) is 10.6 Å². The van der Waals surface area contributed by atoms with Gasteiger partial charge in [0.15, 0.2) is 0 Å². The van der Waals surface area contributed by atoms with Gasteiger partial charge in [-0.15, -0.1) is 0 Å². The summed E-state index contributed by atoms with van der Waals surface area (Å²) in [6, 6.07) is 5.81. The van der Waals surface area contributed by atoms with E-state index in [1.807, 2.05) is 0 Å². The van der Waals surface area contributed by atoms with Gasteiger partial charge in [0.25, 0.3) is 0 Å². The lowest BCUT2D eigenvalue weighted by atomic mass is 9.97. The van der Waals surface area contributed by atoms with E-state index in [1.165, 1.54) is 24.3 Å². The van der Waals surface area contributed by atoms with Gasteiger partial charge >= 0.3 is 7.60 Å². The summed E-state index contributed by atoms with van der Waals surface area (Å²) in [5.74, 6) is 0.235. The first kappa shape index (κ1) is 19.6. The van der Waals surface area contributed by atoms with Gasteiger partial charge in [-0.25, -0.2) is 0 Å². The van der Waals surface area contributed by atoms with E-state index in [4.69, 9.17) is 24.8 Å². The molecule has 11 nitrogen and oxygen atoms in total. The number of aliphatic hydroxyl groups is 3. The molecule has 1 saturated heterocycles. The molecule has 0 aliphatic carbocycles. The summed E-state index contributed by atoms with van der Waals surface area (Å²) in [5.41, 5.74) is 8.69. The maximum Gasteiger partial charge on any atom is 0.325 e. The van der Waals surface area contributed by atoms with Crippen LogP contribution in [0.4, 0.5) is 5.69 Å². The van der Waals surface area contributed by atoms with E-state index in [1.54, 1.807) is 0 Å². The molecule has 0 spiro atoms. The normalized spacial score (nSPS) is 29.7. The van der Waals surface area contributed by atoms with Gasteiger partial charge in [-0.2, -0.15) is 0 Å². The number of azide groups is 1. The van der Waals surface area contributed by atoms with Crippen molar-refractivity contribution in [3.8, 4) is 5.75 Å². The predicted octanol–water partition coefficient (Wildman–Crippen LogP) is 0.383. The fraction of sp³-hybridized carbons (Fsp3) is 0.538. The summed E-state index contributed by atoms with van der Waals surface area (Å²) in [6.45, 7) is 0. The van der Waals surface area contributed by atoms with Crippen molar-refractivity contribution in [1.29, 1.82) is 0 Å². The van der Waals surface area contributed by atoms with Crippen LogP contribution in [0.5, 0.6) is 5.75 Å². The largest absolute Gasteiger partial charge is 0.462 e. The standard InChI is InChI=1S/C13H18N3O8P/c14-16-15-7-1-3-8(4-2-7)23-13-12(19)11(18)10(17)9(24-13)5-6-25(20,21)22/h1-4,9-13,17-19H,5-6H2,(H2,20,21,22)/t9-,10-,11+,12+,13+/m1/s1. The molecule has 0 radical (unpaired) electrons. The summed E-state index contributed by atoms with van der Waals surface area (Å²) in [5, 5.41) is 33.2. The number of hydrogen-bond acceptors (Lipinski definition) is 7. The third-order valence-corrected chi connectivity index (χ3v) is 4.46. The Labute approximate surface area is 142 Å². The molecular formula is C13H18N3O8P. The highest BCUT2D eigenvalue weighted by molar-refractivity contribution is 7.51. The monoisotopic (exact) mass is 375 g/mol. The topological polar surface area (TPSA) is 185 Å². The van der Waals surface area contributed by atoms with E-state index in [-0.39, 0.29) is 12.2 Å². The highest BCUT2D eigenvalue weighted by Crippen LogP contribution is 2.37. The van der Waals surface area contributed by atoms with E-state index in [0.29, 0.717) is 5.69 Å². The zero-order valence-electron chi connectivity index (χ0n) is 12.9. The smallest absolute Gasteiger partial charge is 0.325 e. The maximum atomic E-state index is 11.0. The van der Waals surface area contributed by atoms with Crippen molar-refractivity contribution in [1.82, 2.24) is 0 Å².